The Morgan fingerprint density at radius 1 is 0.778 bits per heavy atom. The second-order valence-electron chi connectivity index (χ2n) is 10.2. The van der Waals surface area contributed by atoms with E-state index in [-0.39, 0.29) is 0 Å². The van der Waals surface area contributed by atoms with Crippen molar-refractivity contribution in [2.45, 2.75) is 117 Å². The van der Waals surface area contributed by atoms with Gasteiger partial charge in [-0.3, -0.25) is 0 Å². The molecule has 0 spiro atoms. The van der Waals surface area contributed by atoms with Gasteiger partial charge in [0.25, 0.3) is 0 Å². The SMILES string of the molecule is CCCC1CCC(COC(C)CC(C)[C@@H]2CCC[C@@H](COC(C)C)C2)CC1. The van der Waals surface area contributed by atoms with Gasteiger partial charge in [-0.25, -0.2) is 0 Å². The van der Waals surface area contributed by atoms with Crippen molar-refractivity contribution in [1.29, 1.82) is 0 Å². The Morgan fingerprint density at radius 2 is 1.44 bits per heavy atom. The molecule has 2 rings (SSSR count). The van der Waals surface area contributed by atoms with Crippen molar-refractivity contribution in [2.75, 3.05) is 13.2 Å². The second kappa shape index (κ2) is 12.5. The molecule has 4 atom stereocenters. The van der Waals surface area contributed by atoms with Gasteiger partial charge in [-0.15, -0.1) is 0 Å². The number of hydrogen-bond acceptors (Lipinski definition) is 2. The van der Waals surface area contributed by atoms with Crippen LogP contribution in [0.4, 0.5) is 0 Å². The Labute approximate surface area is 170 Å². The minimum Gasteiger partial charge on any atom is -0.379 e. The van der Waals surface area contributed by atoms with Gasteiger partial charge in [0.1, 0.15) is 0 Å². The molecule has 0 N–H and O–H groups in total. The Balaban J connectivity index is 1.62. The van der Waals surface area contributed by atoms with Crippen molar-refractivity contribution in [3.05, 3.63) is 0 Å². The third-order valence-corrected chi connectivity index (χ3v) is 7.28. The molecule has 2 nitrogen and oxygen atoms in total. The van der Waals surface area contributed by atoms with Gasteiger partial charge in [0.2, 0.25) is 0 Å². The second-order valence-corrected chi connectivity index (χ2v) is 10.2. The van der Waals surface area contributed by atoms with E-state index in [9.17, 15) is 0 Å². The van der Waals surface area contributed by atoms with Crippen LogP contribution in [0.3, 0.4) is 0 Å². The summed E-state index contributed by atoms with van der Waals surface area (Å²) in [6.45, 7) is 13.4. The monoisotopic (exact) mass is 380 g/mol. The minimum absolute atomic E-state index is 0.369. The standard InChI is InChI=1S/C25H48O2/c1-6-8-22-11-13-23(14-12-22)17-27-21(5)15-20(4)25-10-7-9-24(16-25)18-26-19(2)3/h19-25H,6-18H2,1-5H3/t20?,21?,22?,23?,24-,25-/m1/s1. The summed E-state index contributed by atoms with van der Waals surface area (Å²) in [5.74, 6) is 4.26. The van der Waals surface area contributed by atoms with Gasteiger partial charge in [0.05, 0.1) is 12.2 Å². The van der Waals surface area contributed by atoms with Crippen molar-refractivity contribution >= 4 is 0 Å². The maximum absolute atomic E-state index is 6.32. The third-order valence-electron chi connectivity index (χ3n) is 7.28. The molecule has 0 radical (unpaired) electrons. The fraction of sp³-hybridized carbons (Fsp3) is 1.00. The van der Waals surface area contributed by atoms with Gasteiger partial charge in [0.15, 0.2) is 0 Å². The van der Waals surface area contributed by atoms with Crippen molar-refractivity contribution < 1.29 is 9.47 Å². The van der Waals surface area contributed by atoms with E-state index >= 15 is 0 Å². The molecule has 0 bridgehead atoms. The van der Waals surface area contributed by atoms with Gasteiger partial charge in [-0.1, -0.05) is 52.4 Å². The van der Waals surface area contributed by atoms with E-state index in [1.807, 2.05) is 0 Å². The first-order chi connectivity index (χ1) is 13.0. The zero-order valence-corrected chi connectivity index (χ0v) is 19.1. The molecule has 2 fully saturated rings. The maximum atomic E-state index is 6.32. The normalized spacial score (nSPS) is 31.8. The molecule has 0 aromatic carbocycles. The van der Waals surface area contributed by atoms with Crippen molar-refractivity contribution in [2.24, 2.45) is 29.6 Å². The largest absolute Gasteiger partial charge is 0.379 e. The summed E-state index contributed by atoms with van der Waals surface area (Å²) >= 11 is 0. The highest BCUT2D eigenvalue weighted by molar-refractivity contribution is 4.78. The van der Waals surface area contributed by atoms with Crippen molar-refractivity contribution in [3.8, 4) is 0 Å². The molecule has 2 aliphatic carbocycles. The van der Waals surface area contributed by atoms with Crippen LogP contribution in [0, 0.1) is 29.6 Å². The van der Waals surface area contributed by atoms with Gasteiger partial charge in [0, 0.05) is 13.2 Å². The van der Waals surface area contributed by atoms with Crippen LogP contribution >= 0.6 is 0 Å². The Hall–Kier alpha value is -0.0800. The highest BCUT2D eigenvalue weighted by atomic mass is 16.5. The van der Waals surface area contributed by atoms with Crippen LogP contribution in [-0.2, 0) is 9.47 Å². The van der Waals surface area contributed by atoms with Gasteiger partial charge in [-0.2, -0.15) is 0 Å². The zero-order valence-electron chi connectivity index (χ0n) is 19.1. The van der Waals surface area contributed by atoms with Gasteiger partial charge < -0.3 is 9.47 Å². The summed E-state index contributed by atoms with van der Waals surface area (Å²) in [6, 6.07) is 0. The van der Waals surface area contributed by atoms with Gasteiger partial charge >= 0.3 is 0 Å². The van der Waals surface area contributed by atoms with E-state index in [1.165, 1.54) is 70.6 Å². The van der Waals surface area contributed by atoms with Gasteiger partial charge in [-0.05, 0) is 82.5 Å². The summed E-state index contributed by atoms with van der Waals surface area (Å²) in [5, 5.41) is 0. The lowest BCUT2D eigenvalue weighted by atomic mass is 9.74. The molecule has 160 valence electrons. The average molecular weight is 381 g/mol. The van der Waals surface area contributed by atoms with Crippen LogP contribution < -0.4 is 0 Å². The van der Waals surface area contributed by atoms with E-state index in [1.54, 1.807) is 0 Å². The molecular weight excluding hydrogens is 332 g/mol. The Kier molecular flexibility index (Phi) is 10.7. The van der Waals surface area contributed by atoms with Crippen LogP contribution in [-0.4, -0.2) is 25.4 Å². The molecule has 2 heteroatoms. The first-order valence-electron chi connectivity index (χ1n) is 12.2. The molecule has 2 saturated carbocycles. The van der Waals surface area contributed by atoms with Crippen LogP contribution in [0.1, 0.15) is 105 Å². The molecule has 0 aliphatic heterocycles. The molecule has 0 amide bonds. The van der Waals surface area contributed by atoms with E-state index in [4.69, 9.17) is 9.47 Å². The predicted molar refractivity (Wildman–Crippen MR) is 116 cm³/mol. The number of rotatable bonds is 11. The smallest absolute Gasteiger partial charge is 0.0549 e. The molecule has 0 heterocycles. The maximum Gasteiger partial charge on any atom is 0.0549 e. The lowest BCUT2D eigenvalue weighted by molar-refractivity contribution is 0.00127. The van der Waals surface area contributed by atoms with Crippen molar-refractivity contribution in [3.63, 3.8) is 0 Å². The summed E-state index contributed by atoms with van der Waals surface area (Å²) in [6.07, 6.45) is 16.0. The highest BCUT2D eigenvalue weighted by Gasteiger charge is 2.28. The Bertz CT molecular complexity index is 373. The van der Waals surface area contributed by atoms with Crippen LogP contribution in [0.15, 0.2) is 0 Å². The number of hydrogen-bond donors (Lipinski definition) is 0. The molecule has 0 aromatic heterocycles. The summed E-state index contributed by atoms with van der Waals surface area (Å²) in [5.41, 5.74) is 0. The minimum atomic E-state index is 0.369. The first-order valence-corrected chi connectivity index (χ1v) is 12.2. The van der Waals surface area contributed by atoms with Crippen LogP contribution in [0.5, 0.6) is 0 Å². The van der Waals surface area contributed by atoms with E-state index in [0.29, 0.717) is 12.2 Å². The quantitative estimate of drug-likeness (QED) is 0.375. The van der Waals surface area contributed by atoms with E-state index in [2.05, 4.69) is 34.6 Å². The van der Waals surface area contributed by atoms with E-state index < -0.39 is 0 Å². The average Bonchev–Trinajstić information content (AvgIpc) is 2.66. The van der Waals surface area contributed by atoms with Crippen LogP contribution in [0.25, 0.3) is 0 Å². The Morgan fingerprint density at radius 3 is 2.11 bits per heavy atom. The predicted octanol–water partition coefficient (Wildman–Crippen LogP) is 7.26. The first kappa shape index (κ1) is 23.2. The fourth-order valence-electron chi connectivity index (χ4n) is 5.51. The topological polar surface area (TPSA) is 18.5 Å². The lowest BCUT2D eigenvalue weighted by Gasteiger charge is -2.34. The third kappa shape index (κ3) is 8.86. The summed E-state index contributed by atoms with van der Waals surface area (Å²) < 4.78 is 12.2. The molecular formula is C25H48O2. The number of ether oxygens (including phenoxy) is 2. The summed E-state index contributed by atoms with van der Waals surface area (Å²) in [7, 11) is 0. The lowest BCUT2D eigenvalue weighted by Crippen LogP contribution is -2.28. The van der Waals surface area contributed by atoms with Crippen molar-refractivity contribution in [1.82, 2.24) is 0 Å². The molecule has 0 saturated heterocycles. The molecule has 2 unspecified atom stereocenters. The zero-order chi connectivity index (χ0) is 19.6. The fourth-order valence-corrected chi connectivity index (χ4v) is 5.51. The van der Waals surface area contributed by atoms with Crippen LogP contribution in [0.2, 0.25) is 0 Å². The molecule has 2 aliphatic rings. The van der Waals surface area contributed by atoms with E-state index in [0.717, 1.165) is 42.8 Å². The molecule has 27 heavy (non-hydrogen) atoms. The highest BCUT2D eigenvalue weighted by Crippen LogP contribution is 2.36. The summed E-state index contributed by atoms with van der Waals surface area (Å²) in [4.78, 5) is 0. The molecule has 0 aromatic rings.